The largest absolute Gasteiger partial charge is 0.482 e. The predicted octanol–water partition coefficient (Wildman–Crippen LogP) is 6.00. The van der Waals surface area contributed by atoms with Gasteiger partial charge in [-0.15, -0.1) is 0 Å². The molecule has 1 aromatic heterocycles. The Balaban J connectivity index is 1.47. The van der Waals surface area contributed by atoms with Crippen LogP contribution in [0, 0.1) is 13.8 Å². The number of rotatable bonds is 8. The Morgan fingerprint density at radius 2 is 1.57 bits per heavy atom. The summed E-state index contributed by atoms with van der Waals surface area (Å²) in [5.41, 5.74) is 7.49. The fourth-order valence-electron chi connectivity index (χ4n) is 4.42. The van der Waals surface area contributed by atoms with Crippen molar-refractivity contribution in [1.29, 1.82) is 0 Å². The SMILES string of the molecule is Cc1c(C)n(Cc2ccc(OCC(=O)O)cc2)c2ccc(C(=O)NCc3ccc(C(C)(C)C)cc3)cc12. The Morgan fingerprint density at radius 1 is 0.919 bits per heavy atom. The molecule has 0 radical (unpaired) electrons. The van der Waals surface area contributed by atoms with Crippen molar-refractivity contribution >= 4 is 22.8 Å². The van der Waals surface area contributed by atoms with Crippen LogP contribution in [0.1, 0.15) is 59.1 Å². The number of carbonyl (C=O) groups is 2. The van der Waals surface area contributed by atoms with Gasteiger partial charge in [-0.05, 0) is 71.8 Å². The van der Waals surface area contributed by atoms with Crippen LogP contribution in [-0.2, 0) is 23.3 Å². The lowest BCUT2D eigenvalue weighted by molar-refractivity contribution is -0.139. The van der Waals surface area contributed by atoms with Gasteiger partial charge in [0.05, 0.1) is 0 Å². The van der Waals surface area contributed by atoms with Crippen LogP contribution in [0.5, 0.6) is 5.75 Å². The minimum atomic E-state index is -1.00. The van der Waals surface area contributed by atoms with Crippen molar-refractivity contribution in [2.75, 3.05) is 6.61 Å². The molecular formula is C31H34N2O4. The van der Waals surface area contributed by atoms with Crippen LogP contribution in [0.2, 0.25) is 0 Å². The number of aromatic nitrogens is 1. The molecule has 4 aromatic rings. The van der Waals surface area contributed by atoms with Gasteiger partial charge in [0.15, 0.2) is 6.61 Å². The first-order valence-corrected chi connectivity index (χ1v) is 12.4. The van der Waals surface area contributed by atoms with E-state index in [0.717, 1.165) is 33.3 Å². The van der Waals surface area contributed by atoms with Crippen LogP contribution >= 0.6 is 0 Å². The maximum absolute atomic E-state index is 12.9. The number of hydrogen-bond acceptors (Lipinski definition) is 3. The van der Waals surface area contributed by atoms with Crippen molar-refractivity contribution in [3.05, 3.63) is 100 Å². The second-order valence-electron chi connectivity index (χ2n) is 10.5. The number of benzene rings is 3. The van der Waals surface area contributed by atoms with E-state index < -0.39 is 5.97 Å². The molecule has 6 nitrogen and oxygen atoms in total. The highest BCUT2D eigenvalue weighted by Gasteiger charge is 2.15. The number of carboxylic acid groups (broad SMARTS) is 1. The smallest absolute Gasteiger partial charge is 0.341 e. The molecule has 1 heterocycles. The highest BCUT2D eigenvalue weighted by Crippen LogP contribution is 2.28. The summed E-state index contributed by atoms with van der Waals surface area (Å²) < 4.78 is 7.46. The molecule has 0 aliphatic heterocycles. The minimum Gasteiger partial charge on any atom is -0.482 e. The van der Waals surface area contributed by atoms with E-state index >= 15 is 0 Å². The molecular weight excluding hydrogens is 464 g/mol. The highest BCUT2D eigenvalue weighted by molar-refractivity contribution is 5.99. The van der Waals surface area contributed by atoms with Crippen LogP contribution in [0.15, 0.2) is 66.7 Å². The summed E-state index contributed by atoms with van der Waals surface area (Å²) in [5.74, 6) is -0.572. The number of carbonyl (C=O) groups excluding carboxylic acids is 1. The summed E-state index contributed by atoms with van der Waals surface area (Å²) in [5, 5.41) is 12.9. The normalized spacial score (nSPS) is 11.5. The second kappa shape index (κ2) is 10.5. The first kappa shape index (κ1) is 26.0. The summed E-state index contributed by atoms with van der Waals surface area (Å²) in [4.78, 5) is 23.6. The lowest BCUT2D eigenvalue weighted by atomic mass is 9.87. The Kier molecular flexibility index (Phi) is 7.39. The lowest BCUT2D eigenvalue weighted by Crippen LogP contribution is -2.22. The third kappa shape index (κ3) is 6.02. The van der Waals surface area contributed by atoms with Gasteiger partial charge < -0.3 is 19.7 Å². The average molecular weight is 499 g/mol. The first-order chi connectivity index (χ1) is 17.5. The van der Waals surface area contributed by atoms with Crippen molar-refractivity contribution in [2.45, 2.75) is 53.1 Å². The van der Waals surface area contributed by atoms with Crippen LogP contribution in [-0.4, -0.2) is 28.2 Å². The van der Waals surface area contributed by atoms with Gasteiger partial charge in [-0.2, -0.15) is 0 Å². The summed E-state index contributed by atoms with van der Waals surface area (Å²) in [7, 11) is 0. The molecule has 0 saturated heterocycles. The van der Waals surface area contributed by atoms with E-state index in [2.05, 4.69) is 68.8 Å². The molecule has 0 aliphatic carbocycles. The van der Waals surface area contributed by atoms with E-state index in [1.807, 2.05) is 30.3 Å². The fraction of sp³-hybridized carbons (Fsp3) is 0.290. The van der Waals surface area contributed by atoms with Gasteiger partial charge in [0.1, 0.15) is 5.75 Å². The van der Waals surface area contributed by atoms with Gasteiger partial charge in [-0.25, -0.2) is 4.79 Å². The maximum atomic E-state index is 12.9. The molecule has 0 atom stereocenters. The Labute approximate surface area is 217 Å². The summed E-state index contributed by atoms with van der Waals surface area (Å²) in [6.07, 6.45) is 0. The van der Waals surface area contributed by atoms with E-state index in [4.69, 9.17) is 9.84 Å². The number of aliphatic carboxylic acids is 1. The van der Waals surface area contributed by atoms with Crippen LogP contribution in [0.3, 0.4) is 0 Å². The van der Waals surface area contributed by atoms with Gasteiger partial charge >= 0.3 is 5.97 Å². The zero-order valence-corrected chi connectivity index (χ0v) is 22.1. The number of carboxylic acids is 1. The Hall–Kier alpha value is -4.06. The van der Waals surface area contributed by atoms with E-state index in [-0.39, 0.29) is 17.9 Å². The third-order valence-electron chi connectivity index (χ3n) is 6.80. The number of ether oxygens (including phenoxy) is 1. The quantitative estimate of drug-likeness (QED) is 0.312. The van der Waals surface area contributed by atoms with Crippen molar-refractivity contribution in [1.82, 2.24) is 9.88 Å². The number of hydrogen-bond donors (Lipinski definition) is 2. The molecule has 192 valence electrons. The Bertz CT molecular complexity index is 1430. The number of nitrogens with one attached hydrogen (secondary N) is 1. The van der Waals surface area contributed by atoms with Gasteiger partial charge in [0, 0.05) is 35.2 Å². The van der Waals surface area contributed by atoms with Crippen LogP contribution in [0.4, 0.5) is 0 Å². The number of nitrogens with zero attached hydrogens (tertiary/aromatic N) is 1. The maximum Gasteiger partial charge on any atom is 0.341 e. The average Bonchev–Trinajstić information content (AvgIpc) is 3.10. The number of fused-ring (bicyclic) bond motifs is 1. The van der Waals surface area contributed by atoms with Gasteiger partial charge in [-0.1, -0.05) is 57.2 Å². The van der Waals surface area contributed by atoms with Crippen molar-refractivity contribution < 1.29 is 19.4 Å². The summed E-state index contributed by atoms with van der Waals surface area (Å²) in [6, 6.07) is 21.7. The van der Waals surface area contributed by atoms with Gasteiger partial charge in [-0.3, -0.25) is 4.79 Å². The van der Waals surface area contributed by atoms with E-state index in [9.17, 15) is 9.59 Å². The second-order valence-corrected chi connectivity index (χ2v) is 10.5. The van der Waals surface area contributed by atoms with Crippen LogP contribution < -0.4 is 10.1 Å². The molecule has 0 saturated carbocycles. The molecule has 2 N–H and O–H groups in total. The van der Waals surface area contributed by atoms with E-state index in [1.165, 1.54) is 5.56 Å². The monoisotopic (exact) mass is 498 g/mol. The van der Waals surface area contributed by atoms with Crippen LogP contribution in [0.25, 0.3) is 10.9 Å². The molecule has 37 heavy (non-hydrogen) atoms. The topological polar surface area (TPSA) is 80.6 Å². The van der Waals surface area contributed by atoms with E-state index in [1.54, 1.807) is 12.1 Å². The summed E-state index contributed by atoms with van der Waals surface area (Å²) >= 11 is 0. The molecule has 3 aromatic carbocycles. The lowest BCUT2D eigenvalue weighted by Gasteiger charge is -2.19. The zero-order chi connectivity index (χ0) is 26.7. The minimum absolute atomic E-state index is 0.0939. The number of amides is 1. The highest BCUT2D eigenvalue weighted by atomic mass is 16.5. The van der Waals surface area contributed by atoms with Crippen molar-refractivity contribution in [2.24, 2.45) is 0 Å². The van der Waals surface area contributed by atoms with E-state index in [0.29, 0.717) is 24.4 Å². The first-order valence-electron chi connectivity index (χ1n) is 12.4. The van der Waals surface area contributed by atoms with Gasteiger partial charge in [0.2, 0.25) is 0 Å². The summed E-state index contributed by atoms with van der Waals surface area (Å²) in [6.45, 7) is 11.5. The Morgan fingerprint density at radius 3 is 2.19 bits per heavy atom. The molecule has 0 fully saturated rings. The predicted molar refractivity (Wildman–Crippen MR) is 146 cm³/mol. The molecule has 0 bridgehead atoms. The molecule has 4 rings (SSSR count). The fourth-order valence-corrected chi connectivity index (χ4v) is 4.42. The standard InChI is InChI=1S/C31H34N2O4/c1-20-21(2)33(18-23-8-13-26(14-9-23)37-19-29(34)35)28-15-10-24(16-27(20)28)30(36)32-17-22-6-11-25(12-7-22)31(3,4)5/h6-16H,17-19H2,1-5H3,(H,32,36)(H,34,35). The molecule has 0 spiro atoms. The molecule has 0 aliphatic rings. The molecule has 1 amide bonds. The zero-order valence-electron chi connectivity index (χ0n) is 22.1. The van der Waals surface area contributed by atoms with Gasteiger partial charge in [0.25, 0.3) is 5.91 Å². The molecule has 0 unspecified atom stereocenters. The van der Waals surface area contributed by atoms with Crippen molar-refractivity contribution in [3.8, 4) is 5.75 Å². The number of aryl methyl sites for hydroxylation is 1. The third-order valence-corrected chi connectivity index (χ3v) is 6.80. The van der Waals surface area contributed by atoms with Crippen molar-refractivity contribution in [3.63, 3.8) is 0 Å². The molecule has 6 heteroatoms.